The van der Waals surface area contributed by atoms with E-state index in [9.17, 15) is 4.79 Å². The van der Waals surface area contributed by atoms with Crippen LogP contribution >= 0.6 is 0 Å². The molecule has 0 radical (unpaired) electrons. The van der Waals surface area contributed by atoms with Gasteiger partial charge in [0.2, 0.25) is 0 Å². The minimum atomic E-state index is -0.500. The first-order valence-electron chi connectivity index (χ1n) is 14.1. The predicted octanol–water partition coefficient (Wildman–Crippen LogP) is 5.06. The Kier molecular flexibility index (Phi) is 8.05. The highest BCUT2D eigenvalue weighted by Crippen LogP contribution is 2.32. The molecule has 0 saturated carbocycles. The van der Waals surface area contributed by atoms with E-state index < -0.39 is 6.04 Å². The van der Waals surface area contributed by atoms with Crippen molar-refractivity contribution >= 4 is 10.9 Å². The second-order valence-corrected chi connectivity index (χ2v) is 11.7. The molecule has 1 aliphatic rings. The van der Waals surface area contributed by atoms with Gasteiger partial charge in [-0.1, -0.05) is 12.1 Å². The van der Waals surface area contributed by atoms with Crippen molar-refractivity contribution in [2.45, 2.75) is 78.6 Å². The minimum absolute atomic E-state index is 0.0635. The van der Waals surface area contributed by atoms with Crippen LogP contribution in [-0.4, -0.2) is 56.0 Å². The number of aromatic nitrogens is 5. The van der Waals surface area contributed by atoms with E-state index in [1.807, 2.05) is 35.9 Å². The van der Waals surface area contributed by atoms with Gasteiger partial charge < -0.3 is 14.5 Å². The molecule has 9 nitrogen and oxygen atoms in total. The number of benzene rings is 2. The number of nitrogens with zero attached hydrogens (tertiary/aromatic N) is 5. The van der Waals surface area contributed by atoms with Gasteiger partial charge in [0.05, 0.1) is 18.2 Å². The van der Waals surface area contributed by atoms with Crippen LogP contribution in [0, 0.1) is 13.8 Å². The third kappa shape index (κ3) is 5.95. The topological polar surface area (TPSA) is 98.2 Å². The molecule has 2 aromatic heterocycles. The normalized spacial score (nSPS) is 16.6. The first-order valence-corrected chi connectivity index (χ1v) is 14.1. The van der Waals surface area contributed by atoms with E-state index in [0.29, 0.717) is 31.1 Å². The maximum absolute atomic E-state index is 13.8. The van der Waals surface area contributed by atoms with Crippen molar-refractivity contribution in [3.63, 3.8) is 0 Å². The van der Waals surface area contributed by atoms with Gasteiger partial charge in [0.15, 0.2) is 5.82 Å². The summed E-state index contributed by atoms with van der Waals surface area (Å²) in [7, 11) is 0. The molecule has 4 aromatic rings. The smallest absolute Gasteiger partial charge is 0.253 e. The molecular formula is C31H40N6O3. The van der Waals surface area contributed by atoms with Gasteiger partial charge in [0, 0.05) is 30.8 Å². The van der Waals surface area contributed by atoms with Crippen LogP contribution in [0.2, 0.25) is 0 Å². The van der Waals surface area contributed by atoms with E-state index in [-0.39, 0.29) is 17.2 Å². The lowest BCUT2D eigenvalue weighted by Crippen LogP contribution is -2.40. The fourth-order valence-corrected chi connectivity index (χ4v) is 5.44. The zero-order valence-corrected chi connectivity index (χ0v) is 24.4. The first kappa shape index (κ1) is 28.0. The van der Waals surface area contributed by atoms with Crippen LogP contribution in [0.25, 0.3) is 10.9 Å². The second-order valence-electron chi connectivity index (χ2n) is 11.7. The Morgan fingerprint density at radius 2 is 1.90 bits per heavy atom. The number of hydrogen-bond donors (Lipinski definition) is 1. The molecule has 0 aliphatic carbocycles. The quantitative estimate of drug-likeness (QED) is 0.315. The maximum atomic E-state index is 13.8. The molecule has 1 N–H and O–H groups in total. The molecule has 1 aliphatic heterocycles. The molecule has 5 rings (SSSR count). The number of hydrogen-bond acceptors (Lipinski definition) is 7. The minimum Gasteiger partial charge on any atom is -0.494 e. The summed E-state index contributed by atoms with van der Waals surface area (Å²) < 4.78 is 13.6. The lowest BCUT2D eigenvalue weighted by molar-refractivity contribution is 0.0564. The highest BCUT2D eigenvalue weighted by molar-refractivity contribution is 5.81. The molecule has 1 saturated heterocycles. The Hall–Kier alpha value is -3.56. The van der Waals surface area contributed by atoms with Crippen molar-refractivity contribution in [3.05, 3.63) is 80.9 Å². The predicted molar refractivity (Wildman–Crippen MR) is 156 cm³/mol. The van der Waals surface area contributed by atoms with Gasteiger partial charge in [-0.3, -0.25) is 9.69 Å². The van der Waals surface area contributed by atoms with Gasteiger partial charge in [-0.2, -0.15) is 0 Å². The van der Waals surface area contributed by atoms with Crippen molar-refractivity contribution < 1.29 is 9.47 Å². The van der Waals surface area contributed by atoms with Crippen molar-refractivity contribution in [3.8, 4) is 5.75 Å². The Morgan fingerprint density at radius 3 is 2.58 bits per heavy atom. The van der Waals surface area contributed by atoms with Crippen LogP contribution in [0.1, 0.15) is 74.7 Å². The number of H-pyrrole nitrogens is 1. The first-order chi connectivity index (χ1) is 19.1. The van der Waals surface area contributed by atoms with Crippen LogP contribution in [0.5, 0.6) is 5.75 Å². The number of nitrogens with one attached hydrogen (secondary N) is 1. The van der Waals surface area contributed by atoms with Crippen LogP contribution in [-0.2, 0) is 16.8 Å². The highest BCUT2D eigenvalue weighted by atomic mass is 16.5. The molecule has 1 fully saturated rings. The van der Waals surface area contributed by atoms with Gasteiger partial charge in [-0.25, -0.2) is 4.68 Å². The van der Waals surface area contributed by atoms with Crippen molar-refractivity contribution in [2.75, 3.05) is 19.8 Å². The molecule has 0 spiro atoms. The van der Waals surface area contributed by atoms with Gasteiger partial charge in [-0.05, 0) is 117 Å². The van der Waals surface area contributed by atoms with Gasteiger partial charge in [-0.15, -0.1) is 5.10 Å². The lowest BCUT2D eigenvalue weighted by atomic mass is 9.99. The van der Waals surface area contributed by atoms with Crippen LogP contribution in [0.4, 0.5) is 0 Å². The molecule has 9 heteroatoms. The summed E-state index contributed by atoms with van der Waals surface area (Å²) in [6.07, 6.45) is 2.07. The zero-order chi connectivity index (χ0) is 28.4. The molecule has 2 aromatic carbocycles. The maximum Gasteiger partial charge on any atom is 0.253 e. The molecule has 0 bridgehead atoms. The van der Waals surface area contributed by atoms with E-state index in [0.717, 1.165) is 47.2 Å². The SMILES string of the molecule is CCOc1ccc(CN(C[C@H]2CCCO2)[C@H](c2cc3cc(C)c(C)cc3[nH]c2=O)c2nnnn2C(C)(C)C)cc1. The van der Waals surface area contributed by atoms with Crippen LogP contribution in [0.3, 0.4) is 0 Å². The Morgan fingerprint density at radius 1 is 1.15 bits per heavy atom. The number of tetrazole rings is 1. The fraction of sp³-hybridized carbons (Fsp3) is 0.484. The summed E-state index contributed by atoms with van der Waals surface area (Å²) in [6, 6.07) is 13.8. The summed E-state index contributed by atoms with van der Waals surface area (Å²) in [4.78, 5) is 19.3. The molecule has 0 unspecified atom stereocenters. The molecule has 212 valence electrons. The van der Waals surface area contributed by atoms with Crippen molar-refractivity contribution in [2.24, 2.45) is 0 Å². The van der Waals surface area contributed by atoms with Crippen molar-refractivity contribution in [1.82, 2.24) is 30.1 Å². The standard InChI is InChI=1S/C31H40N6O3/c1-7-39-24-12-10-22(11-13-24)18-36(19-25-9-8-14-40-25)28(29-33-34-35-37(29)31(4,5)6)26-17-23-15-20(2)21(3)16-27(23)32-30(26)38/h10-13,15-17,25,28H,7-9,14,18-19H2,1-6H3,(H,32,38)/t25-,28-/m1/s1. The van der Waals surface area contributed by atoms with E-state index in [1.165, 1.54) is 5.56 Å². The van der Waals surface area contributed by atoms with Crippen LogP contribution < -0.4 is 10.3 Å². The third-order valence-corrected chi connectivity index (χ3v) is 7.60. The van der Waals surface area contributed by atoms with Gasteiger partial charge in [0.1, 0.15) is 11.8 Å². The summed E-state index contributed by atoms with van der Waals surface area (Å²) in [6.45, 7) is 14.9. The van der Waals surface area contributed by atoms with Crippen molar-refractivity contribution in [1.29, 1.82) is 0 Å². The molecule has 40 heavy (non-hydrogen) atoms. The third-order valence-electron chi connectivity index (χ3n) is 7.60. The molecule has 0 amide bonds. The van der Waals surface area contributed by atoms with Crippen LogP contribution in [0.15, 0.2) is 47.3 Å². The summed E-state index contributed by atoms with van der Waals surface area (Å²) in [5.41, 5.74) is 4.32. The number of aromatic amines is 1. The number of ether oxygens (including phenoxy) is 2. The lowest BCUT2D eigenvalue weighted by Gasteiger charge is -2.34. The molecule has 3 heterocycles. The Balaban J connectivity index is 1.67. The zero-order valence-electron chi connectivity index (χ0n) is 24.4. The number of pyridine rings is 1. The molecule has 2 atom stereocenters. The highest BCUT2D eigenvalue weighted by Gasteiger charge is 2.35. The van der Waals surface area contributed by atoms with E-state index in [1.54, 1.807) is 0 Å². The number of rotatable bonds is 9. The monoisotopic (exact) mass is 544 g/mol. The van der Waals surface area contributed by atoms with E-state index in [2.05, 4.69) is 78.2 Å². The molecular weight excluding hydrogens is 504 g/mol. The number of fused-ring (bicyclic) bond motifs is 1. The average Bonchev–Trinajstić information content (AvgIpc) is 3.60. The van der Waals surface area contributed by atoms with E-state index in [4.69, 9.17) is 9.47 Å². The second kappa shape index (κ2) is 11.5. The van der Waals surface area contributed by atoms with Gasteiger partial charge >= 0.3 is 0 Å². The largest absolute Gasteiger partial charge is 0.494 e. The summed E-state index contributed by atoms with van der Waals surface area (Å²) in [5, 5.41) is 14.0. The van der Waals surface area contributed by atoms with Gasteiger partial charge in [0.25, 0.3) is 5.56 Å². The van der Waals surface area contributed by atoms with E-state index >= 15 is 0 Å². The Labute approximate surface area is 235 Å². The average molecular weight is 545 g/mol. The fourth-order valence-electron chi connectivity index (χ4n) is 5.44. The summed E-state index contributed by atoms with van der Waals surface area (Å²) >= 11 is 0. The Bertz CT molecular complexity index is 1510. The number of aryl methyl sites for hydroxylation is 2. The summed E-state index contributed by atoms with van der Waals surface area (Å²) in [5.74, 6) is 1.46.